The fraction of sp³-hybridized carbons (Fsp3) is 0.0870. The van der Waals surface area contributed by atoms with Crippen molar-refractivity contribution < 1.29 is 4.74 Å². The lowest BCUT2D eigenvalue weighted by Gasteiger charge is -2.13. The number of aromatic amines is 2. The molecule has 0 atom stereocenters. The van der Waals surface area contributed by atoms with E-state index in [9.17, 15) is 5.26 Å². The first-order valence-electron chi connectivity index (χ1n) is 10.2. The lowest BCUT2D eigenvalue weighted by Crippen LogP contribution is -2.00. The Kier molecular flexibility index (Phi) is 5.67. The number of aromatic nitrogens is 6. The van der Waals surface area contributed by atoms with Crippen molar-refractivity contribution in [3.8, 4) is 17.9 Å². The molecule has 1 aliphatic rings. The van der Waals surface area contributed by atoms with Crippen molar-refractivity contribution in [2.75, 3.05) is 12.4 Å². The van der Waals surface area contributed by atoms with E-state index in [4.69, 9.17) is 21.6 Å². The number of nitriles is 2. The van der Waals surface area contributed by atoms with E-state index in [1.807, 2.05) is 24.4 Å². The number of hydrogen-bond acceptors (Lipinski definition) is 9. The van der Waals surface area contributed by atoms with Crippen LogP contribution < -0.4 is 10.1 Å². The van der Waals surface area contributed by atoms with Crippen molar-refractivity contribution in [2.45, 2.75) is 6.54 Å². The molecular weight excluding hydrogens is 468 g/mol. The molecule has 5 heterocycles. The molecule has 0 radical (unpaired) electrons. The number of methoxy groups -OCH3 is 1. The number of nitrogens with zero attached hydrogens (tertiary/aromatic N) is 7. The number of ether oxygens (including phenoxy) is 1. The molecule has 1 aliphatic heterocycles. The van der Waals surface area contributed by atoms with Gasteiger partial charge < -0.3 is 20.0 Å². The Labute approximate surface area is 203 Å². The van der Waals surface area contributed by atoms with Crippen LogP contribution in [-0.2, 0) is 6.54 Å². The number of rotatable bonds is 3. The number of nitrogens with one attached hydrogen (secondary N) is 3. The second-order valence-corrected chi connectivity index (χ2v) is 7.67. The van der Waals surface area contributed by atoms with Gasteiger partial charge in [0.1, 0.15) is 52.8 Å². The summed E-state index contributed by atoms with van der Waals surface area (Å²) in [4.78, 5) is 26.1. The van der Waals surface area contributed by atoms with E-state index < -0.39 is 0 Å². The highest BCUT2D eigenvalue weighted by molar-refractivity contribution is 6.34. The van der Waals surface area contributed by atoms with Crippen LogP contribution in [0.15, 0.2) is 42.2 Å². The van der Waals surface area contributed by atoms with Gasteiger partial charge in [-0.05, 0) is 23.3 Å². The van der Waals surface area contributed by atoms with Crippen LogP contribution >= 0.6 is 11.6 Å². The van der Waals surface area contributed by atoms with E-state index in [2.05, 4.69) is 46.3 Å². The molecule has 6 rings (SSSR count). The van der Waals surface area contributed by atoms with E-state index >= 15 is 0 Å². The van der Waals surface area contributed by atoms with E-state index in [-0.39, 0.29) is 0 Å². The van der Waals surface area contributed by atoms with Gasteiger partial charge in [-0.1, -0.05) is 11.6 Å². The van der Waals surface area contributed by atoms with Crippen LogP contribution in [0, 0.1) is 22.7 Å². The molecule has 0 amide bonds. The maximum Gasteiger partial charge on any atom is 0.144 e. The Balaban J connectivity index is 0.000000178. The molecule has 4 aromatic heterocycles. The summed E-state index contributed by atoms with van der Waals surface area (Å²) in [6.07, 6.45) is 7.82. The van der Waals surface area contributed by atoms with Crippen LogP contribution in [0.5, 0.6) is 5.75 Å². The fourth-order valence-corrected chi connectivity index (χ4v) is 3.93. The standard InChI is InChI=1S/C16H12N6O.C7H3ClN4/c1-23-13-3-10-6-18-5-9(10)2-12(13)22-16-14-11(4-17)7-19-15(14)20-8-21-16;8-6-5-4(1-9)2-10-7(5)12-3-11-6/h2-3,5,7-8H,6H2,1H3,(H2,19,20,21,22);2-3H,(H,10,11,12). The van der Waals surface area contributed by atoms with Gasteiger partial charge in [-0.25, -0.2) is 19.9 Å². The molecule has 11 nitrogen and oxygen atoms in total. The van der Waals surface area contributed by atoms with Crippen LogP contribution in [0.3, 0.4) is 0 Å². The molecule has 0 bridgehead atoms. The minimum absolute atomic E-state index is 0.304. The molecule has 0 saturated carbocycles. The maximum absolute atomic E-state index is 9.25. The Morgan fingerprint density at radius 3 is 2.37 bits per heavy atom. The van der Waals surface area contributed by atoms with Crippen molar-refractivity contribution in [3.63, 3.8) is 0 Å². The van der Waals surface area contributed by atoms with Gasteiger partial charge in [-0.15, -0.1) is 0 Å². The smallest absolute Gasteiger partial charge is 0.144 e. The van der Waals surface area contributed by atoms with Gasteiger partial charge in [0.05, 0.1) is 41.2 Å². The van der Waals surface area contributed by atoms with Crippen molar-refractivity contribution in [1.82, 2.24) is 29.9 Å². The van der Waals surface area contributed by atoms with Gasteiger partial charge in [0.25, 0.3) is 0 Å². The van der Waals surface area contributed by atoms with Crippen LogP contribution in [0.1, 0.15) is 22.3 Å². The van der Waals surface area contributed by atoms with Crippen LogP contribution in [0.25, 0.3) is 22.1 Å². The zero-order valence-electron chi connectivity index (χ0n) is 18.2. The molecule has 170 valence electrons. The largest absolute Gasteiger partial charge is 0.495 e. The van der Waals surface area contributed by atoms with Gasteiger partial charge in [-0.3, -0.25) is 4.99 Å². The third-order valence-electron chi connectivity index (χ3n) is 5.34. The van der Waals surface area contributed by atoms with Gasteiger partial charge in [0.15, 0.2) is 0 Å². The summed E-state index contributed by atoms with van der Waals surface area (Å²) < 4.78 is 5.46. The number of benzene rings is 1. The van der Waals surface area contributed by atoms with Gasteiger partial charge in [0.2, 0.25) is 0 Å². The molecule has 0 spiro atoms. The molecule has 1 aromatic carbocycles. The molecular formula is C23H15ClN10O. The summed E-state index contributed by atoms with van der Waals surface area (Å²) in [5.74, 6) is 1.26. The fourth-order valence-electron chi connectivity index (χ4n) is 3.69. The Morgan fingerprint density at radius 1 is 0.971 bits per heavy atom. The average molecular weight is 483 g/mol. The number of anilines is 2. The monoisotopic (exact) mass is 482 g/mol. The summed E-state index contributed by atoms with van der Waals surface area (Å²) in [6, 6.07) is 8.07. The van der Waals surface area contributed by atoms with Crippen LogP contribution in [-0.4, -0.2) is 43.2 Å². The molecule has 0 fully saturated rings. The highest BCUT2D eigenvalue weighted by Crippen LogP contribution is 2.34. The van der Waals surface area contributed by atoms with Crippen molar-refractivity contribution in [2.24, 2.45) is 4.99 Å². The number of H-pyrrole nitrogens is 2. The highest BCUT2D eigenvalue weighted by atomic mass is 35.5. The first-order valence-corrected chi connectivity index (χ1v) is 10.6. The number of aliphatic imine (C=N–C) groups is 1. The van der Waals surface area contributed by atoms with Gasteiger partial charge in [-0.2, -0.15) is 10.5 Å². The second-order valence-electron chi connectivity index (χ2n) is 7.31. The summed E-state index contributed by atoms with van der Waals surface area (Å²) >= 11 is 5.76. The minimum Gasteiger partial charge on any atom is -0.495 e. The first-order chi connectivity index (χ1) is 17.1. The minimum atomic E-state index is 0.304. The average Bonchev–Trinajstić information content (AvgIpc) is 3.62. The van der Waals surface area contributed by atoms with E-state index in [1.54, 1.807) is 19.5 Å². The Bertz CT molecular complexity index is 1690. The predicted molar refractivity (Wildman–Crippen MR) is 130 cm³/mol. The summed E-state index contributed by atoms with van der Waals surface area (Å²) in [7, 11) is 1.62. The third kappa shape index (κ3) is 3.97. The Hall–Kier alpha value is -5.00. The maximum atomic E-state index is 9.25. The predicted octanol–water partition coefficient (Wildman–Crippen LogP) is 4.00. The highest BCUT2D eigenvalue weighted by Gasteiger charge is 2.16. The quantitative estimate of drug-likeness (QED) is 0.324. The summed E-state index contributed by atoms with van der Waals surface area (Å²) in [5, 5.41) is 22.7. The van der Waals surface area contributed by atoms with Crippen molar-refractivity contribution in [3.05, 3.63) is 64.6 Å². The number of fused-ring (bicyclic) bond motifs is 3. The molecule has 35 heavy (non-hydrogen) atoms. The molecule has 12 heteroatoms. The summed E-state index contributed by atoms with van der Waals surface area (Å²) in [5.41, 5.74) is 5.10. The lowest BCUT2D eigenvalue weighted by atomic mass is 10.1. The Morgan fingerprint density at radius 2 is 1.66 bits per heavy atom. The molecule has 0 aliphatic carbocycles. The molecule has 0 unspecified atom stereocenters. The van der Waals surface area contributed by atoms with E-state index in [1.165, 1.54) is 12.7 Å². The van der Waals surface area contributed by atoms with E-state index in [0.717, 1.165) is 16.8 Å². The van der Waals surface area contributed by atoms with Crippen molar-refractivity contribution >= 4 is 51.4 Å². The molecule has 0 saturated heterocycles. The second kappa shape index (κ2) is 9.09. The zero-order valence-corrected chi connectivity index (χ0v) is 18.9. The molecule has 5 aromatic rings. The zero-order chi connectivity index (χ0) is 24.4. The van der Waals surface area contributed by atoms with Gasteiger partial charge in [0, 0.05) is 18.6 Å². The normalized spacial score (nSPS) is 11.4. The van der Waals surface area contributed by atoms with Crippen LogP contribution in [0.4, 0.5) is 11.5 Å². The number of hydrogen-bond donors (Lipinski definition) is 3. The SMILES string of the molecule is COc1cc2c(cc1Nc1ncnc3[nH]cc(C#N)c13)C=NC2.N#Cc1c[nH]c2ncnc(Cl)c12. The van der Waals surface area contributed by atoms with Gasteiger partial charge >= 0.3 is 0 Å². The number of halogens is 1. The van der Waals surface area contributed by atoms with Crippen LogP contribution in [0.2, 0.25) is 5.15 Å². The summed E-state index contributed by atoms with van der Waals surface area (Å²) in [6.45, 7) is 0.667. The van der Waals surface area contributed by atoms with Crippen molar-refractivity contribution in [1.29, 1.82) is 10.5 Å². The third-order valence-corrected chi connectivity index (χ3v) is 5.63. The topological polar surface area (TPSA) is 164 Å². The van der Waals surface area contributed by atoms with E-state index in [0.29, 0.717) is 56.5 Å². The lowest BCUT2D eigenvalue weighted by molar-refractivity contribution is 0.416. The first kappa shape index (κ1) is 21.8. The molecule has 3 N–H and O–H groups in total.